The van der Waals surface area contributed by atoms with Crippen molar-refractivity contribution in [3.05, 3.63) is 0 Å². The second-order valence-corrected chi connectivity index (χ2v) is 4.84. The molecule has 3 atom stereocenters. The number of nitrogens with one attached hydrogen (secondary N) is 1. The zero-order valence-electron chi connectivity index (χ0n) is 10.6. The first kappa shape index (κ1) is 12.8. The van der Waals surface area contributed by atoms with Gasteiger partial charge < -0.3 is 19.7 Å². The van der Waals surface area contributed by atoms with E-state index >= 15 is 0 Å². The first-order valence-electron chi connectivity index (χ1n) is 6.31. The van der Waals surface area contributed by atoms with Crippen LogP contribution in [0.3, 0.4) is 0 Å². The predicted molar refractivity (Wildman–Crippen MR) is 63.8 cm³/mol. The zero-order chi connectivity index (χ0) is 12.3. The molecule has 2 aliphatic heterocycles. The molecule has 0 bridgehead atoms. The number of hydrogen-bond donors (Lipinski definition) is 1. The van der Waals surface area contributed by atoms with Crippen LogP contribution in [0, 0.1) is 0 Å². The highest BCUT2D eigenvalue weighted by Gasteiger charge is 2.36. The van der Waals surface area contributed by atoms with Crippen molar-refractivity contribution in [1.82, 2.24) is 10.2 Å². The molecule has 2 fully saturated rings. The summed E-state index contributed by atoms with van der Waals surface area (Å²) in [4.78, 5) is 14.0. The quantitative estimate of drug-likeness (QED) is 0.754. The summed E-state index contributed by atoms with van der Waals surface area (Å²) in [6.07, 6.45) is 2.92. The number of amides is 1. The Kier molecular flexibility index (Phi) is 4.36. The number of ether oxygens (including phenoxy) is 2. The number of carbonyl (C=O) groups excluding carboxylic acids is 1. The molecule has 98 valence electrons. The van der Waals surface area contributed by atoms with E-state index in [9.17, 15) is 4.79 Å². The molecule has 0 saturated carbocycles. The van der Waals surface area contributed by atoms with Crippen LogP contribution in [0.15, 0.2) is 0 Å². The largest absolute Gasteiger partial charge is 0.377 e. The number of methoxy groups -OCH3 is 2. The minimum Gasteiger partial charge on any atom is -0.377 e. The van der Waals surface area contributed by atoms with Gasteiger partial charge in [0.1, 0.15) is 12.2 Å². The van der Waals surface area contributed by atoms with Crippen LogP contribution in [0.4, 0.5) is 0 Å². The van der Waals surface area contributed by atoms with Crippen molar-refractivity contribution < 1.29 is 14.3 Å². The third kappa shape index (κ3) is 2.97. The standard InChI is InChI=1S/C12H22N2O3/c1-16-10-7-14(8-11(10)17-2)12(15)6-9-4-3-5-13-9/h9-11,13H,3-8H2,1-2H3. The monoisotopic (exact) mass is 242 g/mol. The smallest absolute Gasteiger partial charge is 0.224 e. The maximum absolute atomic E-state index is 12.1. The van der Waals surface area contributed by atoms with Crippen LogP contribution in [0.25, 0.3) is 0 Å². The minimum atomic E-state index is 0.0143. The van der Waals surface area contributed by atoms with Gasteiger partial charge in [-0.15, -0.1) is 0 Å². The van der Waals surface area contributed by atoms with Crippen molar-refractivity contribution in [2.75, 3.05) is 33.9 Å². The number of carbonyl (C=O) groups is 1. The highest BCUT2D eigenvalue weighted by Crippen LogP contribution is 2.18. The molecular weight excluding hydrogens is 220 g/mol. The zero-order valence-corrected chi connectivity index (χ0v) is 10.6. The second kappa shape index (κ2) is 5.80. The fourth-order valence-corrected chi connectivity index (χ4v) is 2.67. The minimum absolute atomic E-state index is 0.0143. The summed E-state index contributed by atoms with van der Waals surface area (Å²) in [5, 5.41) is 3.35. The molecule has 2 saturated heterocycles. The molecule has 0 radical (unpaired) electrons. The molecule has 2 heterocycles. The fourth-order valence-electron chi connectivity index (χ4n) is 2.67. The van der Waals surface area contributed by atoms with Crippen LogP contribution in [0.2, 0.25) is 0 Å². The molecule has 2 rings (SSSR count). The molecule has 2 aliphatic rings. The van der Waals surface area contributed by atoms with Gasteiger partial charge in [0.25, 0.3) is 0 Å². The summed E-state index contributed by atoms with van der Waals surface area (Å²) in [5.41, 5.74) is 0. The topological polar surface area (TPSA) is 50.8 Å². The van der Waals surface area contributed by atoms with E-state index in [2.05, 4.69) is 5.32 Å². The molecule has 5 nitrogen and oxygen atoms in total. The van der Waals surface area contributed by atoms with Crippen molar-refractivity contribution in [3.8, 4) is 0 Å². The van der Waals surface area contributed by atoms with Crippen LogP contribution in [0.1, 0.15) is 19.3 Å². The molecule has 0 spiro atoms. The van der Waals surface area contributed by atoms with Gasteiger partial charge in [0.2, 0.25) is 5.91 Å². The lowest BCUT2D eigenvalue weighted by Gasteiger charge is -2.18. The summed E-state index contributed by atoms with van der Waals surface area (Å²) in [5.74, 6) is 0.214. The summed E-state index contributed by atoms with van der Waals surface area (Å²) in [6, 6.07) is 0.366. The van der Waals surface area contributed by atoms with Crippen LogP contribution in [0.5, 0.6) is 0 Å². The third-order valence-corrected chi connectivity index (χ3v) is 3.76. The van der Waals surface area contributed by atoms with Gasteiger partial charge in [-0.05, 0) is 19.4 Å². The predicted octanol–water partition coefficient (Wildman–Crippen LogP) is 0.000700. The van der Waals surface area contributed by atoms with Crippen molar-refractivity contribution in [2.24, 2.45) is 0 Å². The Bertz CT molecular complexity index is 254. The first-order valence-corrected chi connectivity index (χ1v) is 6.31. The van der Waals surface area contributed by atoms with Crippen LogP contribution >= 0.6 is 0 Å². The average molecular weight is 242 g/mol. The lowest BCUT2D eigenvalue weighted by atomic mass is 10.1. The van der Waals surface area contributed by atoms with E-state index in [1.807, 2.05) is 4.90 Å². The highest BCUT2D eigenvalue weighted by molar-refractivity contribution is 5.77. The third-order valence-electron chi connectivity index (χ3n) is 3.76. The van der Waals surface area contributed by atoms with E-state index in [1.54, 1.807) is 14.2 Å². The van der Waals surface area contributed by atoms with Gasteiger partial charge in [0, 0.05) is 39.8 Å². The van der Waals surface area contributed by atoms with E-state index < -0.39 is 0 Å². The highest BCUT2D eigenvalue weighted by atomic mass is 16.5. The molecule has 0 aromatic carbocycles. The summed E-state index contributed by atoms with van der Waals surface area (Å²) in [6.45, 7) is 2.35. The Hall–Kier alpha value is -0.650. The van der Waals surface area contributed by atoms with Gasteiger partial charge in [-0.3, -0.25) is 4.79 Å². The van der Waals surface area contributed by atoms with Crippen molar-refractivity contribution >= 4 is 5.91 Å². The van der Waals surface area contributed by atoms with Crippen molar-refractivity contribution in [3.63, 3.8) is 0 Å². The maximum Gasteiger partial charge on any atom is 0.224 e. The Morgan fingerprint density at radius 3 is 2.41 bits per heavy atom. The lowest BCUT2D eigenvalue weighted by molar-refractivity contribution is -0.131. The molecular formula is C12H22N2O3. The number of hydrogen-bond acceptors (Lipinski definition) is 4. The van der Waals surface area contributed by atoms with E-state index in [-0.39, 0.29) is 18.1 Å². The molecule has 3 unspecified atom stereocenters. The van der Waals surface area contributed by atoms with Crippen LogP contribution in [-0.2, 0) is 14.3 Å². The lowest BCUT2D eigenvalue weighted by Crippen LogP contribution is -2.35. The first-order chi connectivity index (χ1) is 8.24. The van der Waals surface area contributed by atoms with Gasteiger partial charge in [0.15, 0.2) is 0 Å². The SMILES string of the molecule is COC1CN(C(=O)CC2CCCN2)CC1OC. The Morgan fingerprint density at radius 1 is 1.29 bits per heavy atom. The Balaban J connectivity index is 1.83. The molecule has 0 aromatic heterocycles. The van der Waals surface area contributed by atoms with E-state index in [0.29, 0.717) is 25.6 Å². The van der Waals surface area contributed by atoms with E-state index in [0.717, 1.165) is 13.0 Å². The maximum atomic E-state index is 12.1. The Morgan fingerprint density at radius 2 is 1.94 bits per heavy atom. The number of likely N-dealkylation sites (tertiary alicyclic amines) is 1. The molecule has 0 aromatic rings. The molecule has 17 heavy (non-hydrogen) atoms. The van der Waals surface area contributed by atoms with Gasteiger partial charge in [0.05, 0.1) is 0 Å². The molecule has 0 aliphatic carbocycles. The second-order valence-electron chi connectivity index (χ2n) is 4.84. The molecule has 5 heteroatoms. The van der Waals surface area contributed by atoms with Crippen LogP contribution in [-0.4, -0.2) is 62.9 Å². The van der Waals surface area contributed by atoms with Gasteiger partial charge >= 0.3 is 0 Å². The summed E-state index contributed by atoms with van der Waals surface area (Å²) in [7, 11) is 3.34. The van der Waals surface area contributed by atoms with Crippen LogP contribution < -0.4 is 5.32 Å². The van der Waals surface area contributed by atoms with E-state index in [1.165, 1.54) is 6.42 Å². The fraction of sp³-hybridized carbons (Fsp3) is 0.917. The normalized spacial score (nSPS) is 33.3. The number of nitrogens with zero attached hydrogens (tertiary/aromatic N) is 1. The Labute approximate surface area is 102 Å². The van der Waals surface area contributed by atoms with E-state index in [4.69, 9.17) is 9.47 Å². The van der Waals surface area contributed by atoms with Crippen molar-refractivity contribution in [2.45, 2.75) is 37.5 Å². The molecule has 1 N–H and O–H groups in total. The van der Waals surface area contributed by atoms with Crippen molar-refractivity contribution in [1.29, 1.82) is 0 Å². The summed E-state index contributed by atoms with van der Waals surface area (Å²) < 4.78 is 10.7. The number of rotatable bonds is 4. The van der Waals surface area contributed by atoms with Gasteiger partial charge in [-0.1, -0.05) is 0 Å². The molecule has 1 amide bonds. The van der Waals surface area contributed by atoms with Gasteiger partial charge in [-0.25, -0.2) is 0 Å². The van der Waals surface area contributed by atoms with Gasteiger partial charge in [-0.2, -0.15) is 0 Å². The summed E-state index contributed by atoms with van der Waals surface area (Å²) >= 11 is 0. The average Bonchev–Trinajstić information content (AvgIpc) is 2.96.